The molecule has 0 fully saturated rings. The fourth-order valence-electron chi connectivity index (χ4n) is 1.37. The summed E-state index contributed by atoms with van der Waals surface area (Å²) in [6.07, 6.45) is 4.11. The van der Waals surface area contributed by atoms with Crippen LogP contribution >= 0.6 is 0 Å². The van der Waals surface area contributed by atoms with Crippen LogP contribution in [-0.4, -0.2) is 15.2 Å². The number of nitrogens with zero attached hydrogens (tertiary/aromatic N) is 2. The minimum Gasteiger partial charge on any atom is -0.304 e. The number of carbonyl (C=O) groups is 1. The summed E-state index contributed by atoms with van der Waals surface area (Å²) in [5.41, 5.74) is 1.84. The lowest BCUT2D eigenvalue weighted by Crippen LogP contribution is -1.99. The number of imidazole rings is 1. The summed E-state index contributed by atoms with van der Waals surface area (Å²) in [7, 11) is 0. The molecular formula is C12H16N2O. The van der Waals surface area contributed by atoms with E-state index in [4.69, 9.17) is 0 Å². The van der Waals surface area contributed by atoms with Crippen molar-refractivity contribution in [2.24, 2.45) is 0 Å². The van der Waals surface area contributed by atoms with Gasteiger partial charge in [0.05, 0.1) is 0 Å². The Morgan fingerprint density at radius 1 is 1.40 bits per heavy atom. The molecule has 0 aliphatic heterocycles. The van der Waals surface area contributed by atoms with Crippen molar-refractivity contribution in [1.82, 2.24) is 9.38 Å². The maximum atomic E-state index is 10.9. The largest absolute Gasteiger partial charge is 0.304 e. The maximum absolute atomic E-state index is 10.9. The van der Waals surface area contributed by atoms with Crippen molar-refractivity contribution in [1.29, 1.82) is 0 Å². The van der Waals surface area contributed by atoms with E-state index in [2.05, 4.69) is 4.98 Å². The molecule has 2 aromatic heterocycles. The molecule has 0 aliphatic carbocycles. The summed E-state index contributed by atoms with van der Waals surface area (Å²) >= 11 is 0. The van der Waals surface area contributed by atoms with Crippen molar-refractivity contribution in [3.63, 3.8) is 0 Å². The molecular weight excluding hydrogens is 188 g/mol. The minimum absolute atomic E-state index is 0.158. The lowest BCUT2D eigenvalue weighted by Gasteiger charge is -1.97. The van der Waals surface area contributed by atoms with Gasteiger partial charge < -0.3 is 4.40 Å². The molecule has 2 aromatic rings. The highest BCUT2D eigenvalue weighted by Gasteiger charge is 2.03. The van der Waals surface area contributed by atoms with E-state index in [0.717, 1.165) is 11.3 Å². The van der Waals surface area contributed by atoms with Crippen LogP contribution in [0.25, 0.3) is 5.65 Å². The molecule has 0 bridgehead atoms. The molecule has 0 saturated carbocycles. The zero-order valence-electron chi connectivity index (χ0n) is 9.40. The van der Waals surface area contributed by atoms with E-state index in [-0.39, 0.29) is 5.78 Å². The van der Waals surface area contributed by atoms with E-state index >= 15 is 0 Å². The summed E-state index contributed by atoms with van der Waals surface area (Å²) in [5.74, 6) is 0.158. The molecule has 0 N–H and O–H groups in total. The molecule has 80 valence electrons. The van der Waals surface area contributed by atoms with E-state index < -0.39 is 0 Å². The number of aromatic nitrogens is 2. The Morgan fingerprint density at radius 3 is 2.80 bits per heavy atom. The average Bonchev–Trinajstić information content (AvgIpc) is 2.64. The Hall–Kier alpha value is -1.64. The normalized spacial score (nSPS) is 9.53. The third-order valence-corrected chi connectivity index (χ3v) is 1.92. The number of Topliss-reactive ketones (excluding diaryl/α,β-unsaturated/α-hetero) is 1. The zero-order valence-corrected chi connectivity index (χ0v) is 9.40. The maximum Gasteiger partial charge on any atom is 0.136 e. The molecule has 0 spiro atoms. The molecule has 0 unspecified atom stereocenters. The van der Waals surface area contributed by atoms with Gasteiger partial charge >= 0.3 is 0 Å². The third kappa shape index (κ3) is 2.65. The number of fused-ring (bicyclic) bond motifs is 1. The second kappa shape index (κ2) is 5.29. The highest BCUT2D eigenvalue weighted by atomic mass is 16.1. The Morgan fingerprint density at radius 2 is 2.13 bits per heavy atom. The standard InChI is InChI=1S/C10H10N2O.C2H6/c1-8(13)6-9-7-11-10-4-2-3-5-12(9)10;1-2/h2-5,7H,6H2,1H3;1-2H3. The molecule has 0 saturated heterocycles. The van der Waals surface area contributed by atoms with Gasteiger partial charge in [-0.15, -0.1) is 0 Å². The van der Waals surface area contributed by atoms with Crippen LogP contribution in [0.3, 0.4) is 0 Å². The quantitative estimate of drug-likeness (QED) is 0.753. The van der Waals surface area contributed by atoms with Gasteiger partial charge in [0.1, 0.15) is 11.4 Å². The molecule has 3 heteroatoms. The number of ketones is 1. The first-order valence-corrected chi connectivity index (χ1v) is 5.18. The zero-order chi connectivity index (χ0) is 11.3. The Labute approximate surface area is 89.8 Å². The summed E-state index contributed by atoms with van der Waals surface area (Å²) in [6.45, 7) is 5.59. The van der Waals surface area contributed by atoms with E-state index in [1.54, 1.807) is 13.1 Å². The minimum atomic E-state index is 0.158. The van der Waals surface area contributed by atoms with Gasteiger partial charge in [-0.25, -0.2) is 4.98 Å². The number of pyridine rings is 1. The van der Waals surface area contributed by atoms with Gasteiger partial charge in [-0.05, 0) is 19.1 Å². The van der Waals surface area contributed by atoms with E-state index in [0.29, 0.717) is 6.42 Å². The molecule has 0 atom stereocenters. The van der Waals surface area contributed by atoms with Crippen LogP contribution in [0.5, 0.6) is 0 Å². The molecule has 0 aromatic carbocycles. The molecule has 2 heterocycles. The van der Waals surface area contributed by atoms with Crippen LogP contribution in [0.1, 0.15) is 26.5 Å². The van der Waals surface area contributed by atoms with Crippen molar-refractivity contribution < 1.29 is 4.79 Å². The Bertz CT molecular complexity index is 446. The number of hydrogen-bond acceptors (Lipinski definition) is 2. The van der Waals surface area contributed by atoms with Gasteiger partial charge in [-0.3, -0.25) is 4.79 Å². The molecule has 0 aliphatic rings. The SMILES string of the molecule is CC.CC(=O)Cc1cnc2ccccn12. The van der Waals surface area contributed by atoms with Crippen molar-refractivity contribution in [2.45, 2.75) is 27.2 Å². The summed E-state index contributed by atoms with van der Waals surface area (Å²) in [5, 5.41) is 0. The van der Waals surface area contributed by atoms with Gasteiger partial charge in [0.25, 0.3) is 0 Å². The van der Waals surface area contributed by atoms with Crippen LogP contribution in [-0.2, 0) is 11.2 Å². The van der Waals surface area contributed by atoms with Crippen LogP contribution in [0.2, 0.25) is 0 Å². The van der Waals surface area contributed by atoms with Gasteiger partial charge in [-0.1, -0.05) is 19.9 Å². The summed E-state index contributed by atoms with van der Waals surface area (Å²) < 4.78 is 1.93. The molecule has 15 heavy (non-hydrogen) atoms. The van der Waals surface area contributed by atoms with Crippen LogP contribution in [0, 0.1) is 0 Å². The first-order chi connectivity index (χ1) is 7.27. The first-order valence-electron chi connectivity index (χ1n) is 5.18. The fourth-order valence-corrected chi connectivity index (χ4v) is 1.37. The van der Waals surface area contributed by atoms with Gasteiger partial charge in [0.2, 0.25) is 0 Å². The second-order valence-corrected chi connectivity index (χ2v) is 3.06. The predicted molar refractivity (Wildman–Crippen MR) is 60.9 cm³/mol. The smallest absolute Gasteiger partial charge is 0.136 e. The van der Waals surface area contributed by atoms with Crippen molar-refractivity contribution >= 4 is 11.4 Å². The van der Waals surface area contributed by atoms with Gasteiger partial charge in [0.15, 0.2) is 0 Å². The Kier molecular flexibility index (Phi) is 4.03. The van der Waals surface area contributed by atoms with E-state index in [1.165, 1.54) is 0 Å². The highest BCUT2D eigenvalue weighted by molar-refractivity contribution is 5.77. The van der Waals surface area contributed by atoms with Gasteiger partial charge in [0, 0.05) is 24.5 Å². The second-order valence-electron chi connectivity index (χ2n) is 3.06. The lowest BCUT2D eigenvalue weighted by atomic mass is 10.2. The van der Waals surface area contributed by atoms with E-state index in [9.17, 15) is 4.79 Å². The summed E-state index contributed by atoms with van der Waals surface area (Å²) in [6, 6.07) is 5.78. The fraction of sp³-hybridized carbons (Fsp3) is 0.333. The molecule has 0 amide bonds. The van der Waals surface area contributed by atoms with Crippen molar-refractivity contribution in [3.8, 4) is 0 Å². The highest BCUT2D eigenvalue weighted by Crippen LogP contribution is 2.06. The number of rotatable bonds is 2. The third-order valence-electron chi connectivity index (χ3n) is 1.92. The number of hydrogen-bond donors (Lipinski definition) is 0. The number of carbonyl (C=O) groups excluding carboxylic acids is 1. The lowest BCUT2D eigenvalue weighted by molar-refractivity contribution is -0.116. The van der Waals surface area contributed by atoms with Gasteiger partial charge in [-0.2, -0.15) is 0 Å². The van der Waals surface area contributed by atoms with Crippen LogP contribution < -0.4 is 0 Å². The summed E-state index contributed by atoms with van der Waals surface area (Å²) in [4.78, 5) is 15.1. The van der Waals surface area contributed by atoms with Crippen molar-refractivity contribution in [3.05, 3.63) is 36.3 Å². The predicted octanol–water partition coefficient (Wildman–Crippen LogP) is 2.49. The molecule has 3 nitrogen and oxygen atoms in total. The first kappa shape index (κ1) is 11.4. The average molecular weight is 204 g/mol. The Balaban J connectivity index is 0.000000531. The van der Waals surface area contributed by atoms with Crippen LogP contribution in [0.15, 0.2) is 30.6 Å². The van der Waals surface area contributed by atoms with Crippen LogP contribution in [0.4, 0.5) is 0 Å². The monoisotopic (exact) mass is 204 g/mol. The van der Waals surface area contributed by atoms with Crippen molar-refractivity contribution in [2.75, 3.05) is 0 Å². The molecule has 0 radical (unpaired) electrons. The molecule has 2 rings (SSSR count). The topological polar surface area (TPSA) is 34.4 Å². The van der Waals surface area contributed by atoms with E-state index in [1.807, 2.05) is 42.6 Å².